The number of carbonyl (C=O) groups is 1. The highest BCUT2D eigenvalue weighted by Gasteiger charge is 2.29. The number of rotatable bonds is 6. The number of hydrogen-bond acceptors (Lipinski definition) is 6. The molecule has 27 heavy (non-hydrogen) atoms. The summed E-state index contributed by atoms with van der Waals surface area (Å²) in [6.07, 6.45) is 4.38. The van der Waals surface area contributed by atoms with Crippen LogP contribution in [0.1, 0.15) is 37.4 Å². The van der Waals surface area contributed by atoms with E-state index in [-0.39, 0.29) is 30.2 Å². The molecule has 3 rings (SSSR count). The van der Waals surface area contributed by atoms with Crippen molar-refractivity contribution in [2.75, 3.05) is 32.5 Å². The van der Waals surface area contributed by atoms with Crippen molar-refractivity contribution in [1.82, 2.24) is 24.0 Å². The van der Waals surface area contributed by atoms with E-state index in [1.54, 1.807) is 7.05 Å². The third kappa shape index (κ3) is 4.77. The Balaban J connectivity index is 1.60. The molecule has 2 saturated heterocycles. The normalized spacial score (nSPS) is 22.2. The van der Waals surface area contributed by atoms with E-state index >= 15 is 0 Å². The molecule has 0 aliphatic carbocycles. The van der Waals surface area contributed by atoms with Crippen molar-refractivity contribution in [1.29, 1.82) is 0 Å². The smallest absolute Gasteiger partial charge is 0.346 e. The molecule has 0 aromatic carbocycles. The highest BCUT2D eigenvalue weighted by atomic mass is 32.2. The molecule has 0 unspecified atom stereocenters. The Morgan fingerprint density at radius 3 is 2.59 bits per heavy atom. The van der Waals surface area contributed by atoms with E-state index in [9.17, 15) is 18.0 Å². The largest absolute Gasteiger partial charge is 0.376 e. The monoisotopic (exact) mass is 401 g/mol. The maximum Gasteiger partial charge on any atom is 0.346 e. The Morgan fingerprint density at radius 1 is 1.30 bits per heavy atom. The van der Waals surface area contributed by atoms with Crippen molar-refractivity contribution in [3.63, 3.8) is 0 Å². The van der Waals surface area contributed by atoms with Gasteiger partial charge in [0.25, 0.3) is 0 Å². The summed E-state index contributed by atoms with van der Waals surface area (Å²) < 4.78 is 32.8. The molecule has 2 fully saturated rings. The average Bonchev–Trinajstić information content (AvgIpc) is 3.23. The Kier molecular flexibility index (Phi) is 6.02. The summed E-state index contributed by atoms with van der Waals surface area (Å²) in [6.45, 7) is 1.85. The Morgan fingerprint density at radius 2 is 2.00 bits per heavy atom. The van der Waals surface area contributed by atoms with E-state index in [1.807, 2.05) is 0 Å². The van der Waals surface area contributed by atoms with Gasteiger partial charge in [0.05, 0.1) is 12.4 Å². The summed E-state index contributed by atoms with van der Waals surface area (Å²) in [6, 6.07) is 0. The molecule has 3 heterocycles. The molecular formula is C16H27N5O5S. The number of sulfonamides is 1. The minimum atomic E-state index is -3.20. The van der Waals surface area contributed by atoms with Crippen LogP contribution in [-0.4, -0.2) is 71.6 Å². The summed E-state index contributed by atoms with van der Waals surface area (Å²) in [5.74, 6) is 0.320. The fourth-order valence-corrected chi connectivity index (χ4v) is 4.51. The number of nitrogens with zero attached hydrogens (tertiary/aromatic N) is 4. The van der Waals surface area contributed by atoms with Gasteiger partial charge in [0.1, 0.15) is 12.4 Å². The molecule has 152 valence electrons. The highest BCUT2D eigenvalue weighted by Crippen LogP contribution is 2.26. The summed E-state index contributed by atoms with van der Waals surface area (Å²) in [5, 5.41) is 7.13. The molecule has 2 aliphatic rings. The molecule has 0 radical (unpaired) electrons. The second-order valence-electron chi connectivity index (χ2n) is 7.23. The second kappa shape index (κ2) is 8.11. The summed E-state index contributed by atoms with van der Waals surface area (Å²) in [4.78, 5) is 24.5. The number of amides is 1. The van der Waals surface area contributed by atoms with Gasteiger partial charge in [-0.05, 0) is 25.7 Å². The maximum atomic E-state index is 12.4. The van der Waals surface area contributed by atoms with Crippen molar-refractivity contribution >= 4 is 15.9 Å². The first kappa shape index (κ1) is 20.0. The Hall–Kier alpha value is -1.72. The van der Waals surface area contributed by atoms with Gasteiger partial charge in [-0.15, -0.1) is 0 Å². The molecule has 1 N–H and O–H groups in total. The van der Waals surface area contributed by atoms with E-state index in [4.69, 9.17) is 4.74 Å². The van der Waals surface area contributed by atoms with E-state index in [1.165, 1.54) is 19.8 Å². The number of carbonyl (C=O) groups excluding carboxylic acids is 1. The Bertz CT molecular complexity index is 832. The minimum absolute atomic E-state index is 0.00287. The summed E-state index contributed by atoms with van der Waals surface area (Å²) >= 11 is 0. The van der Waals surface area contributed by atoms with Gasteiger partial charge < -0.3 is 10.1 Å². The van der Waals surface area contributed by atoms with Gasteiger partial charge >= 0.3 is 5.69 Å². The van der Waals surface area contributed by atoms with Crippen LogP contribution >= 0.6 is 0 Å². The number of piperidine rings is 1. The van der Waals surface area contributed by atoms with E-state index in [0.717, 1.165) is 19.4 Å². The molecule has 2 aliphatic heterocycles. The average molecular weight is 401 g/mol. The third-order valence-corrected chi connectivity index (χ3v) is 6.51. The lowest BCUT2D eigenvalue weighted by molar-refractivity contribution is -0.122. The van der Waals surface area contributed by atoms with Gasteiger partial charge in [0, 0.05) is 39.2 Å². The fourth-order valence-electron chi connectivity index (χ4n) is 3.63. The molecule has 1 aromatic rings. The first-order valence-corrected chi connectivity index (χ1v) is 11.1. The lowest BCUT2D eigenvalue weighted by atomic mass is 9.97. The van der Waals surface area contributed by atoms with Crippen LogP contribution in [-0.2, 0) is 33.1 Å². The molecule has 1 aromatic heterocycles. The van der Waals surface area contributed by atoms with Crippen LogP contribution in [0.15, 0.2) is 4.79 Å². The third-order valence-electron chi connectivity index (χ3n) is 5.21. The van der Waals surface area contributed by atoms with E-state index < -0.39 is 10.0 Å². The SMILES string of the molecule is Cn1c(C2CCN(S(C)(=O)=O)CC2)nn(CC(=O)NC[C@H]2CCCO2)c1=O. The van der Waals surface area contributed by atoms with Crippen LogP contribution in [0.5, 0.6) is 0 Å². The zero-order valence-electron chi connectivity index (χ0n) is 15.8. The van der Waals surface area contributed by atoms with Crippen molar-refractivity contribution < 1.29 is 17.9 Å². The van der Waals surface area contributed by atoms with Crippen molar-refractivity contribution in [3.8, 4) is 0 Å². The van der Waals surface area contributed by atoms with Crippen molar-refractivity contribution in [2.45, 2.75) is 44.2 Å². The number of ether oxygens (including phenoxy) is 1. The summed E-state index contributed by atoms with van der Waals surface area (Å²) in [7, 11) is -1.56. The molecule has 10 nitrogen and oxygen atoms in total. The molecular weight excluding hydrogens is 374 g/mol. The first-order valence-electron chi connectivity index (χ1n) is 9.23. The van der Waals surface area contributed by atoms with Crippen LogP contribution in [0.25, 0.3) is 0 Å². The van der Waals surface area contributed by atoms with Gasteiger partial charge in [-0.2, -0.15) is 5.10 Å². The lowest BCUT2D eigenvalue weighted by Crippen LogP contribution is -2.37. The van der Waals surface area contributed by atoms with Gasteiger partial charge in [-0.3, -0.25) is 9.36 Å². The predicted octanol–water partition coefficient (Wildman–Crippen LogP) is -0.984. The topological polar surface area (TPSA) is 116 Å². The zero-order valence-corrected chi connectivity index (χ0v) is 16.6. The van der Waals surface area contributed by atoms with Gasteiger partial charge in [0.2, 0.25) is 15.9 Å². The van der Waals surface area contributed by atoms with Crippen molar-refractivity contribution in [2.24, 2.45) is 7.05 Å². The number of aromatic nitrogens is 3. The fraction of sp³-hybridized carbons (Fsp3) is 0.812. The molecule has 0 spiro atoms. The standard InChI is InChI=1S/C16H27N5O5S/c1-19-15(12-5-7-20(8-6-12)27(2,24)25)18-21(16(19)23)11-14(22)17-10-13-4-3-9-26-13/h12-13H,3-11H2,1-2H3,(H,17,22)/t13-/m1/s1. The quantitative estimate of drug-likeness (QED) is 0.655. The van der Waals surface area contributed by atoms with Crippen LogP contribution in [0.4, 0.5) is 0 Å². The predicted molar refractivity (Wildman–Crippen MR) is 97.8 cm³/mol. The minimum Gasteiger partial charge on any atom is -0.376 e. The van der Waals surface area contributed by atoms with Crippen LogP contribution in [0.3, 0.4) is 0 Å². The molecule has 1 atom stereocenters. The van der Waals surface area contributed by atoms with Crippen LogP contribution in [0.2, 0.25) is 0 Å². The first-order chi connectivity index (χ1) is 12.8. The Labute approximate surface area is 158 Å². The van der Waals surface area contributed by atoms with E-state index in [2.05, 4.69) is 10.4 Å². The second-order valence-corrected chi connectivity index (χ2v) is 9.22. The molecule has 11 heteroatoms. The van der Waals surface area contributed by atoms with Crippen LogP contribution in [0, 0.1) is 0 Å². The summed E-state index contributed by atoms with van der Waals surface area (Å²) in [5.41, 5.74) is -0.345. The van der Waals surface area contributed by atoms with Crippen molar-refractivity contribution in [3.05, 3.63) is 16.3 Å². The number of nitrogens with one attached hydrogen (secondary N) is 1. The van der Waals surface area contributed by atoms with E-state index in [0.29, 0.717) is 38.3 Å². The zero-order chi connectivity index (χ0) is 19.6. The van der Waals surface area contributed by atoms with Gasteiger partial charge in [-0.1, -0.05) is 0 Å². The maximum absolute atomic E-state index is 12.4. The molecule has 0 bridgehead atoms. The molecule has 1 amide bonds. The molecule has 0 saturated carbocycles. The number of hydrogen-bond donors (Lipinski definition) is 1. The highest BCUT2D eigenvalue weighted by molar-refractivity contribution is 7.88. The van der Waals surface area contributed by atoms with Gasteiger partial charge in [-0.25, -0.2) is 22.2 Å². The van der Waals surface area contributed by atoms with Crippen LogP contribution < -0.4 is 11.0 Å². The lowest BCUT2D eigenvalue weighted by Gasteiger charge is -2.29. The van der Waals surface area contributed by atoms with Gasteiger partial charge in [0.15, 0.2) is 0 Å².